The first kappa shape index (κ1) is 27.0. The van der Waals surface area contributed by atoms with Gasteiger partial charge in [0, 0.05) is 6.04 Å². The summed E-state index contributed by atoms with van der Waals surface area (Å²) in [5, 5.41) is 11.8. The van der Waals surface area contributed by atoms with Gasteiger partial charge >= 0.3 is 0 Å². The topological polar surface area (TPSA) is 50.1 Å². The number of nitrogens with two attached hydrogens (primary N) is 1. The van der Waals surface area contributed by atoms with E-state index in [1.165, 1.54) is 21.5 Å². The molecule has 5 rings (SSSR count). The molecule has 39 heavy (non-hydrogen) atoms. The highest BCUT2D eigenvalue weighted by atomic mass is 32.1. The molecule has 3 atom stereocenters. The smallest absolute Gasteiger partial charge is 0.167 e. The molecule has 0 heterocycles. The Morgan fingerprint density at radius 1 is 0.718 bits per heavy atom. The lowest BCUT2D eigenvalue weighted by atomic mass is 9.94. The molecular formula is C34H34N3PS. The molecule has 196 valence electrons. The number of thiocarbonyl (C=S) groups is 1. The molecule has 0 unspecified atom stereocenters. The van der Waals surface area contributed by atoms with Crippen LogP contribution in [-0.4, -0.2) is 11.2 Å². The zero-order valence-corrected chi connectivity index (χ0v) is 23.8. The van der Waals surface area contributed by atoms with Crippen LogP contribution in [0.4, 0.5) is 0 Å². The molecule has 0 spiro atoms. The number of rotatable bonds is 9. The van der Waals surface area contributed by atoms with Crippen LogP contribution in [0, 0.1) is 0 Å². The van der Waals surface area contributed by atoms with Crippen molar-refractivity contribution in [3.05, 3.63) is 155 Å². The first-order chi connectivity index (χ1) is 19.1. The van der Waals surface area contributed by atoms with Crippen LogP contribution < -0.4 is 27.0 Å². The lowest BCUT2D eigenvalue weighted by Crippen LogP contribution is -2.45. The molecular weight excluding hydrogens is 513 g/mol. The van der Waals surface area contributed by atoms with Gasteiger partial charge in [-0.15, -0.1) is 0 Å². The fraction of sp³-hybridized carbons (Fsp3) is 0.147. The maximum atomic E-state index is 6.80. The standard InChI is InChI=1S/C34H34N3PS/c1-25(30-23-14-24-31(30)38(28-19-10-4-11-20-28)29-21-12-5-13-22-29)36-34(39)37-33(27-17-8-3-9-18-27)32(35)26-15-6-2-7-16-26/h2-22,24-25,32-33H,23,35H2,1H3,(H2,36,37,39)/t25-,32+,33+/m1/s1. The lowest BCUT2D eigenvalue weighted by Gasteiger charge is -2.29. The highest BCUT2D eigenvalue weighted by Crippen LogP contribution is 2.48. The van der Waals surface area contributed by atoms with E-state index in [1.807, 2.05) is 36.4 Å². The van der Waals surface area contributed by atoms with Crippen molar-refractivity contribution >= 4 is 35.9 Å². The summed E-state index contributed by atoms with van der Waals surface area (Å²) in [5.74, 6) is 0. The number of nitrogens with one attached hydrogen (secondary N) is 2. The van der Waals surface area contributed by atoms with E-state index in [9.17, 15) is 0 Å². The van der Waals surface area contributed by atoms with Gasteiger partial charge < -0.3 is 16.4 Å². The molecule has 1 aliphatic rings. The van der Waals surface area contributed by atoms with Crippen molar-refractivity contribution in [3.63, 3.8) is 0 Å². The maximum Gasteiger partial charge on any atom is 0.167 e. The second kappa shape index (κ2) is 13.0. The minimum Gasteiger partial charge on any atom is -0.356 e. The molecule has 0 saturated carbocycles. The molecule has 4 aromatic rings. The van der Waals surface area contributed by atoms with Crippen molar-refractivity contribution in [1.29, 1.82) is 0 Å². The number of allylic oxidation sites excluding steroid dienone is 3. The van der Waals surface area contributed by atoms with E-state index in [4.69, 9.17) is 18.0 Å². The number of hydrogen-bond acceptors (Lipinski definition) is 2. The molecule has 4 N–H and O–H groups in total. The molecule has 0 saturated heterocycles. The van der Waals surface area contributed by atoms with Crippen LogP contribution in [-0.2, 0) is 0 Å². The van der Waals surface area contributed by atoms with Gasteiger partial charge in [0.1, 0.15) is 0 Å². The van der Waals surface area contributed by atoms with Gasteiger partial charge in [-0.05, 0) is 66.1 Å². The monoisotopic (exact) mass is 547 g/mol. The van der Waals surface area contributed by atoms with Gasteiger partial charge in [-0.2, -0.15) is 0 Å². The maximum absolute atomic E-state index is 6.80. The zero-order chi connectivity index (χ0) is 27.0. The molecule has 0 bridgehead atoms. The summed E-state index contributed by atoms with van der Waals surface area (Å²) in [5.41, 5.74) is 10.3. The molecule has 0 amide bonds. The van der Waals surface area contributed by atoms with Gasteiger partial charge in [0.05, 0.1) is 12.1 Å². The average molecular weight is 548 g/mol. The van der Waals surface area contributed by atoms with E-state index in [2.05, 4.69) is 115 Å². The summed E-state index contributed by atoms with van der Waals surface area (Å²) < 4.78 is 0. The van der Waals surface area contributed by atoms with E-state index in [0.717, 1.165) is 17.5 Å². The Morgan fingerprint density at radius 3 is 1.74 bits per heavy atom. The van der Waals surface area contributed by atoms with E-state index < -0.39 is 7.92 Å². The molecule has 4 aromatic carbocycles. The predicted molar refractivity (Wildman–Crippen MR) is 171 cm³/mol. The van der Waals surface area contributed by atoms with Crippen LogP contribution in [0.2, 0.25) is 0 Å². The highest BCUT2D eigenvalue weighted by Gasteiger charge is 2.27. The van der Waals surface area contributed by atoms with E-state index in [-0.39, 0.29) is 18.1 Å². The minimum atomic E-state index is -0.673. The van der Waals surface area contributed by atoms with E-state index in [0.29, 0.717) is 5.11 Å². The largest absolute Gasteiger partial charge is 0.356 e. The molecule has 0 fully saturated rings. The van der Waals surface area contributed by atoms with Gasteiger partial charge in [0.25, 0.3) is 0 Å². The normalized spacial score (nSPS) is 15.2. The third-order valence-corrected chi connectivity index (χ3v) is 9.85. The number of benzene rings is 4. The summed E-state index contributed by atoms with van der Waals surface area (Å²) in [6, 6.07) is 41.8. The van der Waals surface area contributed by atoms with Crippen molar-refractivity contribution in [2.24, 2.45) is 5.73 Å². The van der Waals surface area contributed by atoms with Gasteiger partial charge in [0.2, 0.25) is 0 Å². The van der Waals surface area contributed by atoms with Gasteiger partial charge in [-0.3, -0.25) is 0 Å². The molecule has 3 nitrogen and oxygen atoms in total. The highest BCUT2D eigenvalue weighted by molar-refractivity contribution is 7.80. The second-order valence-electron chi connectivity index (χ2n) is 9.69. The zero-order valence-electron chi connectivity index (χ0n) is 22.1. The molecule has 1 aliphatic carbocycles. The second-order valence-corrected chi connectivity index (χ2v) is 12.3. The van der Waals surface area contributed by atoms with Crippen molar-refractivity contribution in [1.82, 2.24) is 10.6 Å². The molecule has 0 aliphatic heterocycles. The SMILES string of the molecule is C[C@@H](NC(=S)N[C@@H](c1ccccc1)[C@@H](N)c1ccccc1)C1=C(P(c2ccccc2)c2ccccc2)C=CC1. The molecule has 5 heteroatoms. The van der Waals surface area contributed by atoms with Crippen molar-refractivity contribution in [2.45, 2.75) is 31.5 Å². The Hall–Kier alpha value is -3.56. The summed E-state index contributed by atoms with van der Waals surface area (Å²) >= 11 is 5.89. The quantitative estimate of drug-likeness (QED) is 0.163. The average Bonchev–Trinajstić information content (AvgIpc) is 3.47. The number of hydrogen-bond donors (Lipinski definition) is 3. The van der Waals surface area contributed by atoms with Crippen molar-refractivity contribution < 1.29 is 0 Å². The predicted octanol–water partition coefficient (Wildman–Crippen LogP) is 6.63. The van der Waals surface area contributed by atoms with Crippen LogP contribution >= 0.6 is 20.1 Å². The van der Waals surface area contributed by atoms with E-state index in [1.54, 1.807) is 0 Å². The fourth-order valence-electron chi connectivity index (χ4n) is 5.08. The lowest BCUT2D eigenvalue weighted by molar-refractivity contribution is 0.518. The van der Waals surface area contributed by atoms with Gasteiger partial charge in [0.15, 0.2) is 5.11 Å². The van der Waals surface area contributed by atoms with Crippen LogP contribution in [0.15, 0.2) is 144 Å². The van der Waals surface area contributed by atoms with Gasteiger partial charge in [-0.1, -0.05) is 133 Å². The summed E-state index contributed by atoms with van der Waals surface area (Å²) in [7, 11) is -0.673. The Labute approximate surface area is 238 Å². The van der Waals surface area contributed by atoms with Crippen molar-refractivity contribution in [3.8, 4) is 0 Å². The van der Waals surface area contributed by atoms with Gasteiger partial charge in [-0.25, -0.2) is 0 Å². The first-order valence-electron chi connectivity index (χ1n) is 13.3. The minimum absolute atomic E-state index is 0.0665. The van der Waals surface area contributed by atoms with Crippen LogP contribution in [0.3, 0.4) is 0 Å². The van der Waals surface area contributed by atoms with Crippen LogP contribution in [0.5, 0.6) is 0 Å². The summed E-state index contributed by atoms with van der Waals surface area (Å²) in [6.45, 7) is 2.20. The Bertz CT molecular complexity index is 1380. The van der Waals surface area contributed by atoms with Crippen molar-refractivity contribution in [2.75, 3.05) is 0 Å². The fourth-order valence-corrected chi connectivity index (χ4v) is 8.01. The molecule has 0 radical (unpaired) electrons. The summed E-state index contributed by atoms with van der Waals surface area (Å²) in [4.78, 5) is 0. The third-order valence-electron chi connectivity index (χ3n) is 7.07. The Balaban J connectivity index is 1.39. The Kier molecular flexibility index (Phi) is 9.00. The Morgan fingerprint density at radius 2 is 1.21 bits per heavy atom. The van der Waals surface area contributed by atoms with Crippen LogP contribution in [0.1, 0.15) is 36.6 Å². The molecule has 0 aromatic heterocycles. The van der Waals surface area contributed by atoms with E-state index >= 15 is 0 Å². The first-order valence-corrected chi connectivity index (χ1v) is 15.1. The third kappa shape index (κ3) is 6.54. The van der Waals surface area contributed by atoms with Crippen LogP contribution in [0.25, 0.3) is 0 Å². The summed E-state index contributed by atoms with van der Waals surface area (Å²) in [6.07, 6.45) is 5.50.